The van der Waals surface area contributed by atoms with E-state index in [2.05, 4.69) is 5.32 Å². The summed E-state index contributed by atoms with van der Waals surface area (Å²) in [5, 5.41) is 2.87. The summed E-state index contributed by atoms with van der Waals surface area (Å²) in [6.45, 7) is 2.65. The average molecular weight is 360 g/mol. The van der Waals surface area contributed by atoms with E-state index in [1.807, 2.05) is 24.3 Å². The van der Waals surface area contributed by atoms with Crippen molar-refractivity contribution in [3.63, 3.8) is 0 Å². The molecular formula is C20H28N2O4. The number of anilines is 1. The molecule has 0 spiro atoms. The first-order chi connectivity index (χ1) is 12.7. The van der Waals surface area contributed by atoms with E-state index in [1.165, 1.54) is 6.42 Å². The number of nitrogens with one attached hydrogen (secondary N) is 1. The molecule has 2 heterocycles. The summed E-state index contributed by atoms with van der Waals surface area (Å²) in [5.74, 6) is 0.858. The Kier molecular flexibility index (Phi) is 6.89. The van der Waals surface area contributed by atoms with Crippen molar-refractivity contribution in [1.29, 1.82) is 0 Å². The van der Waals surface area contributed by atoms with Crippen LogP contribution in [0.4, 0.5) is 5.69 Å². The van der Waals surface area contributed by atoms with Gasteiger partial charge in [0, 0.05) is 38.2 Å². The fourth-order valence-corrected chi connectivity index (χ4v) is 3.32. The van der Waals surface area contributed by atoms with Crippen molar-refractivity contribution < 1.29 is 19.1 Å². The summed E-state index contributed by atoms with van der Waals surface area (Å²) in [6, 6.07) is 7.38. The van der Waals surface area contributed by atoms with E-state index >= 15 is 0 Å². The number of rotatable bonds is 7. The van der Waals surface area contributed by atoms with Gasteiger partial charge in [-0.2, -0.15) is 0 Å². The van der Waals surface area contributed by atoms with Crippen molar-refractivity contribution in [3.05, 3.63) is 24.3 Å². The number of hydrogen-bond donors (Lipinski definition) is 1. The van der Waals surface area contributed by atoms with Gasteiger partial charge in [-0.15, -0.1) is 0 Å². The number of nitrogens with zero attached hydrogens (tertiary/aromatic N) is 1. The monoisotopic (exact) mass is 360 g/mol. The lowest BCUT2D eigenvalue weighted by atomic mass is 10.1. The molecule has 1 unspecified atom stereocenters. The van der Waals surface area contributed by atoms with Crippen LogP contribution in [0.3, 0.4) is 0 Å². The molecule has 142 valence electrons. The van der Waals surface area contributed by atoms with E-state index in [9.17, 15) is 9.59 Å². The minimum absolute atomic E-state index is 0.0763. The van der Waals surface area contributed by atoms with Gasteiger partial charge in [0.05, 0.1) is 6.10 Å². The number of piperidine rings is 1. The Morgan fingerprint density at radius 2 is 2.04 bits per heavy atom. The summed E-state index contributed by atoms with van der Waals surface area (Å²) in [5.41, 5.74) is 0.737. The summed E-state index contributed by atoms with van der Waals surface area (Å²) >= 11 is 0. The van der Waals surface area contributed by atoms with Crippen LogP contribution in [-0.4, -0.2) is 49.1 Å². The third-order valence-corrected chi connectivity index (χ3v) is 4.88. The number of likely N-dealkylation sites (tertiary alicyclic amines) is 1. The van der Waals surface area contributed by atoms with Gasteiger partial charge in [0.25, 0.3) is 0 Å². The van der Waals surface area contributed by atoms with Gasteiger partial charge in [0.15, 0.2) is 0 Å². The van der Waals surface area contributed by atoms with Crippen molar-refractivity contribution in [2.45, 2.75) is 51.0 Å². The summed E-state index contributed by atoms with van der Waals surface area (Å²) in [7, 11) is 0. The molecule has 0 aromatic heterocycles. The van der Waals surface area contributed by atoms with Crippen molar-refractivity contribution in [2.24, 2.45) is 0 Å². The summed E-state index contributed by atoms with van der Waals surface area (Å²) < 4.78 is 11.4. The van der Waals surface area contributed by atoms with Gasteiger partial charge in [-0.25, -0.2) is 0 Å². The molecule has 6 heteroatoms. The van der Waals surface area contributed by atoms with Crippen LogP contribution in [0.15, 0.2) is 24.3 Å². The number of amides is 2. The summed E-state index contributed by atoms with van der Waals surface area (Å²) in [6.07, 6.45) is 6.48. The van der Waals surface area contributed by atoms with Crippen LogP contribution < -0.4 is 10.1 Å². The minimum atomic E-state index is -0.0763. The molecule has 26 heavy (non-hydrogen) atoms. The van der Waals surface area contributed by atoms with Gasteiger partial charge in [-0.1, -0.05) is 0 Å². The Morgan fingerprint density at radius 3 is 2.77 bits per heavy atom. The zero-order valence-corrected chi connectivity index (χ0v) is 15.2. The molecule has 1 N–H and O–H groups in total. The predicted molar refractivity (Wildman–Crippen MR) is 99.2 cm³/mol. The molecule has 1 aromatic carbocycles. The van der Waals surface area contributed by atoms with Gasteiger partial charge in [-0.05, 0) is 56.4 Å². The van der Waals surface area contributed by atoms with Crippen molar-refractivity contribution in [1.82, 2.24) is 4.90 Å². The maximum absolute atomic E-state index is 12.1. The fraction of sp³-hybridized carbons (Fsp3) is 0.600. The van der Waals surface area contributed by atoms with E-state index < -0.39 is 0 Å². The highest BCUT2D eigenvalue weighted by Gasteiger charge is 2.18. The molecule has 3 rings (SSSR count). The molecule has 0 radical (unpaired) electrons. The van der Waals surface area contributed by atoms with Gasteiger partial charge in [-0.3, -0.25) is 9.59 Å². The van der Waals surface area contributed by atoms with E-state index in [-0.39, 0.29) is 17.9 Å². The van der Waals surface area contributed by atoms with E-state index in [1.54, 1.807) is 4.90 Å². The lowest BCUT2D eigenvalue weighted by Gasteiger charge is -2.26. The third-order valence-electron chi connectivity index (χ3n) is 4.88. The number of benzene rings is 1. The molecule has 0 saturated carbocycles. The van der Waals surface area contributed by atoms with Crippen LogP contribution in [0.25, 0.3) is 0 Å². The van der Waals surface area contributed by atoms with Gasteiger partial charge < -0.3 is 19.7 Å². The van der Waals surface area contributed by atoms with E-state index in [0.29, 0.717) is 26.0 Å². The van der Waals surface area contributed by atoms with Crippen molar-refractivity contribution in [2.75, 3.05) is 31.6 Å². The lowest BCUT2D eigenvalue weighted by molar-refractivity contribution is -0.133. The van der Waals surface area contributed by atoms with Gasteiger partial charge in [0.1, 0.15) is 12.4 Å². The predicted octanol–water partition coefficient (Wildman–Crippen LogP) is 2.98. The Bertz CT molecular complexity index is 596. The molecule has 2 amide bonds. The Labute approximate surface area is 154 Å². The zero-order chi connectivity index (χ0) is 18.2. The lowest BCUT2D eigenvalue weighted by Crippen LogP contribution is -2.37. The first kappa shape index (κ1) is 18.7. The highest BCUT2D eigenvalue weighted by atomic mass is 16.5. The smallest absolute Gasteiger partial charge is 0.226 e. The van der Waals surface area contributed by atoms with Crippen LogP contribution >= 0.6 is 0 Å². The molecule has 1 atom stereocenters. The Balaban J connectivity index is 1.38. The highest BCUT2D eigenvalue weighted by Crippen LogP contribution is 2.19. The van der Waals surface area contributed by atoms with Crippen LogP contribution in [0.5, 0.6) is 5.75 Å². The zero-order valence-electron chi connectivity index (χ0n) is 15.2. The molecule has 0 aliphatic carbocycles. The second-order valence-corrected chi connectivity index (χ2v) is 6.96. The molecular weight excluding hydrogens is 332 g/mol. The Morgan fingerprint density at radius 1 is 1.19 bits per heavy atom. The van der Waals surface area contributed by atoms with Crippen LogP contribution in [-0.2, 0) is 14.3 Å². The molecule has 0 bridgehead atoms. The highest BCUT2D eigenvalue weighted by molar-refractivity contribution is 5.91. The second-order valence-electron chi connectivity index (χ2n) is 6.96. The maximum atomic E-state index is 12.1. The van der Waals surface area contributed by atoms with E-state index in [4.69, 9.17) is 9.47 Å². The number of carbonyl (C=O) groups excluding carboxylic acids is 2. The van der Waals surface area contributed by atoms with Gasteiger partial charge in [0.2, 0.25) is 11.8 Å². The topological polar surface area (TPSA) is 67.9 Å². The molecule has 2 saturated heterocycles. The fourth-order valence-electron chi connectivity index (χ4n) is 3.32. The van der Waals surface area contributed by atoms with Crippen LogP contribution in [0.2, 0.25) is 0 Å². The average Bonchev–Trinajstić information content (AvgIpc) is 2.68. The van der Waals surface area contributed by atoms with Crippen molar-refractivity contribution in [3.8, 4) is 5.75 Å². The standard InChI is InChI=1S/C20H28N2O4/c23-19(11-13-22-12-3-1-6-20(22)24)21-16-7-9-17(10-8-16)26-15-18-5-2-4-14-25-18/h7-10,18H,1-6,11-15H2,(H,21,23). The number of hydrogen-bond acceptors (Lipinski definition) is 4. The van der Waals surface area contributed by atoms with Crippen LogP contribution in [0, 0.1) is 0 Å². The first-order valence-electron chi connectivity index (χ1n) is 9.63. The molecule has 6 nitrogen and oxygen atoms in total. The molecule has 2 aliphatic heterocycles. The number of carbonyl (C=O) groups is 2. The maximum Gasteiger partial charge on any atom is 0.226 e. The van der Waals surface area contributed by atoms with Gasteiger partial charge >= 0.3 is 0 Å². The molecule has 2 aliphatic rings. The number of ether oxygens (including phenoxy) is 2. The molecule has 2 fully saturated rings. The quantitative estimate of drug-likeness (QED) is 0.812. The van der Waals surface area contributed by atoms with Crippen LogP contribution in [0.1, 0.15) is 44.9 Å². The third kappa shape index (κ3) is 5.73. The normalized spacial score (nSPS) is 20.7. The van der Waals surface area contributed by atoms with E-state index in [0.717, 1.165) is 50.3 Å². The largest absolute Gasteiger partial charge is 0.491 e. The first-order valence-corrected chi connectivity index (χ1v) is 9.63. The minimum Gasteiger partial charge on any atom is -0.491 e. The SMILES string of the molecule is O=C(CCN1CCCCC1=O)Nc1ccc(OCC2CCCCO2)cc1. The summed E-state index contributed by atoms with van der Waals surface area (Å²) in [4.78, 5) is 25.6. The van der Waals surface area contributed by atoms with Crippen molar-refractivity contribution >= 4 is 17.5 Å². The Hall–Kier alpha value is -2.08. The second kappa shape index (κ2) is 9.57. The molecule has 1 aromatic rings.